The predicted octanol–water partition coefficient (Wildman–Crippen LogP) is 3.36. The van der Waals surface area contributed by atoms with Gasteiger partial charge in [-0.1, -0.05) is 0 Å². The van der Waals surface area contributed by atoms with Crippen molar-refractivity contribution in [2.45, 2.75) is 46.3 Å². The van der Waals surface area contributed by atoms with Gasteiger partial charge < -0.3 is 23.7 Å². The monoisotopic (exact) mass is 352 g/mol. The third-order valence-corrected chi connectivity index (χ3v) is 3.84. The van der Waals surface area contributed by atoms with E-state index in [1.807, 2.05) is 20.8 Å². The van der Waals surface area contributed by atoms with Crippen molar-refractivity contribution in [2.75, 3.05) is 33.0 Å². The Kier molecular flexibility index (Phi) is 8.01. The van der Waals surface area contributed by atoms with E-state index in [4.69, 9.17) is 23.7 Å². The van der Waals surface area contributed by atoms with Crippen LogP contribution in [0.15, 0.2) is 12.1 Å². The van der Waals surface area contributed by atoms with Crippen molar-refractivity contribution in [1.82, 2.24) is 0 Å². The van der Waals surface area contributed by atoms with Crippen LogP contribution in [0.5, 0.6) is 11.5 Å². The highest BCUT2D eigenvalue weighted by atomic mass is 16.6. The highest BCUT2D eigenvalue weighted by molar-refractivity contribution is 5.92. The second-order valence-corrected chi connectivity index (χ2v) is 5.70. The summed E-state index contributed by atoms with van der Waals surface area (Å²) in [6, 6.07) is 3.49. The first-order valence-corrected chi connectivity index (χ1v) is 8.98. The number of esters is 1. The van der Waals surface area contributed by atoms with Gasteiger partial charge in [0.05, 0.1) is 32.0 Å². The van der Waals surface area contributed by atoms with Crippen molar-refractivity contribution in [3.8, 4) is 11.5 Å². The summed E-state index contributed by atoms with van der Waals surface area (Å²) in [5.41, 5.74) is 1.18. The average Bonchev–Trinajstić information content (AvgIpc) is 2.62. The molecule has 25 heavy (non-hydrogen) atoms. The molecule has 0 N–H and O–H groups in total. The van der Waals surface area contributed by atoms with E-state index in [0.29, 0.717) is 50.1 Å². The molecule has 1 aromatic rings. The molecular weight excluding hydrogens is 324 g/mol. The predicted molar refractivity (Wildman–Crippen MR) is 93.4 cm³/mol. The fourth-order valence-corrected chi connectivity index (χ4v) is 2.68. The van der Waals surface area contributed by atoms with Crippen LogP contribution in [0.1, 0.15) is 49.5 Å². The number of hydrogen-bond acceptors (Lipinski definition) is 6. The van der Waals surface area contributed by atoms with Gasteiger partial charge in [-0.05, 0) is 51.3 Å². The van der Waals surface area contributed by atoms with Crippen LogP contribution >= 0.6 is 0 Å². The van der Waals surface area contributed by atoms with Crippen LogP contribution < -0.4 is 9.47 Å². The molecule has 0 spiro atoms. The molecule has 0 aromatic heterocycles. The highest BCUT2D eigenvalue weighted by Crippen LogP contribution is 2.32. The maximum atomic E-state index is 12.7. The Bertz CT molecular complexity index is 551. The second-order valence-electron chi connectivity index (χ2n) is 5.70. The normalized spacial score (nSPS) is 17.2. The van der Waals surface area contributed by atoms with Gasteiger partial charge in [-0.25, -0.2) is 4.79 Å². The molecule has 1 unspecified atom stereocenters. The molecule has 1 saturated heterocycles. The number of carbonyl (C=O) groups excluding carboxylic acids is 1. The second kappa shape index (κ2) is 10.3. The molecule has 0 saturated carbocycles. The zero-order valence-electron chi connectivity index (χ0n) is 15.3. The minimum absolute atomic E-state index is 0.205. The molecule has 1 aromatic carbocycles. The largest absolute Gasteiger partial charge is 0.490 e. The molecule has 0 bridgehead atoms. The summed E-state index contributed by atoms with van der Waals surface area (Å²) in [6.45, 7) is 8.74. The van der Waals surface area contributed by atoms with Crippen molar-refractivity contribution >= 4 is 5.97 Å². The lowest BCUT2D eigenvalue weighted by atomic mass is 10.1. The van der Waals surface area contributed by atoms with Crippen LogP contribution in [0, 0.1) is 0 Å². The van der Waals surface area contributed by atoms with E-state index in [0.717, 1.165) is 25.0 Å². The molecule has 0 amide bonds. The molecule has 1 aliphatic heterocycles. The number of ether oxygens (including phenoxy) is 5. The number of benzene rings is 1. The van der Waals surface area contributed by atoms with E-state index in [1.165, 1.54) is 0 Å². The van der Waals surface area contributed by atoms with Crippen LogP contribution in [0.25, 0.3) is 0 Å². The van der Waals surface area contributed by atoms with E-state index in [-0.39, 0.29) is 12.1 Å². The summed E-state index contributed by atoms with van der Waals surface area (Å²) < 4.78 is 27.8. The fraction of sp³-hybridized carbons (Fsp3) is 0.632. The number of carbonyl (C=O) groups is 1. The van der Waals surface area contributed by atoms with Crippen LogP contribution in [-0.2, 0) is 20.8 Å². The quantitative estimate of drug-likeness (QED) is 0.635. The summed E-state index contributed by atoms with van der Waals surface area (Å²) in [5.74, 6) is 0.766. The zero-order chi connectivity index (χ0) is 18.1. The average molecular weight is 352 g/mol. The zero-order valence-corrected chi connectivity index (χ0v) is 15.3. The van der Waals surface area contributed by atoms with Gasteiger partial charge in [0.15, 0.2) is 11.5 Å². The van der Waals surface area contributed by atoms with E-state index < -0.39 is 0 Å². The Hall–Kier alpha value is -1.79. The van der Waals surface area contributed by atoms with Crippen molar-refractivity contribution in [1.29, 1.82) is 0 Å². The summed E-state index contributed by atoms with van der Waals surface area (Å²) in [6.07, 6.45) is 1.52. The topological polar surface area (TPSA) is 63.2 Å². The van der Waals surface area contributed by atoms with Crippen molar-refractivity contribution in [3.63, 3.8) is 0 Å². The lowest BCUT2D eigenvalue weighted by molar-refractivity contribution is -0.0308. The molecule has 1 heterocycles. The van der Waals surface area contributed by atoms with E-state index in [9.17, 15) is 4.79 Å². The molecule has 2 rings (SSSR count). The lowest BCUT2D eigenvalue weighted by Crippen LogP contribution is -2.28. The molecule has 140 valence electrons. The number of hydrogen-bond donors (Lipinski definition) is 0. The Morgan fingerprint density at radius 3 is 2.44 bits per heavy atom. The maximum absolute atomic E-state index is 12.7. The molecule has 0 aliphatic carbocycles. The molecule has 0 radical (unpaired) electrons. The van der Waals surface area contributed by atoms with Crippen molar-refractivity contribution < 1.29 is 28.5 Å². The molecule has 1 fully saturated rings. The van der Waals surface area contributed by atoms with Gasteiger partial charge in [0.1, 0.15) is 6.10 Å². The van der Waals surface area contributed by atoms with Gasteiger partial charge in [0.2, 0.25) is 0 Å². The first kappa shape index (κ1) is 19.5. The smallest absolute Gasteiger partial charge is 0.338 e. The van der Waals surface area contributed by atoms with Crippen LogP contribution in [0.3, 0.4) is 0 Å². The third kappa shape index (κ3) is 5.61. The summed E-state index contributed by atoms with van der Waals surface area (Å²) in [7, 11) is 0. The van der Waals surface area contributed by atoms with Gasteiger partial charge in [-0.2, -0.15) is 0 Å². The standard InChI is InChI=1S/C19H28O6/c1-4-21-12-14-10-17(23-5-2)18(24-6-3)11-16(14)19(20)25-15-8-7-9-22-13-15/h10-11,15H,4-9,12-13H2,1-3H3. The Morgan fingerprint density at radius 1 is 1.12 bits per heavy atom. The lowest BCUT2D eigenvalue weighted by Gasteiger charge is -2.23. The molecule has 6 nitrogen and oxygen atoms in total. The molecule has 6 heteroatoms. The van der Waals surface area contributed by atoms with Crippen LogP contribution in [0.4, 0.5) is 0 Å². The summed E-state index contributed by atoms with van der Waals surface area (Å²) in [5, 5.41) is 0. The van der Waals surface area contributed by atoms with Crippen LogP contribution in [0.2, 0.25) is 0 Å². The number of rotatable bonds is 9. The van der Waals surface area contributed by atoms with E-state index in [1.54, 1.807) is 12.1 Å². The third-order valence-electron chi connectivity index (χ3n) is 3.84. The fourth-order valence-electron chi connectivity index (χ4n) is 2.68. The molecular formula is C19H28O6. The van der Waals surface area contributed by atoms with Gasteiger partial charge in [0, 0.05) is 13.2 Å². The van der Waals surface area contributed by atoms with E-state index in [2.05, 4.69) is 0 Å². The maximum Gasteiger partial charge on any atom is 0.338 e. The highest BCUT2D eigenvalue weighted by Gasteiger charge is 2.23. The van der Waals surface area contributed by atoms with Crippen molar-refractivity contribution in [2.24, 2.45) is 0 Å². The first-order chi connectivity index (χ1) is 12.2. The summed E-state index contributed by atoms with van der Waals surface area (Å²) >= 11 is 0. The Labute approximate surface area is 149 Å². The summed E-state index contributed by atoms with van der Waals surface area (Å²) in [4.78, 5) is 12.7. The van der Waals surface area contributed by atoms with Gasteiger partial charge in [0.25, 0.3) is 0 Å². The Morgan fingerprint density at radius 2 is 1.84 bits per heavy atom. The van der Waals surface area contributed by atoms with Crippen molar-refractivity contribution in [3.05, 3.63) is 23.3 Å². The van der Waals surface area contributed by atoms with Crippen LogP contribution in [-0.4, -0.2) is 45.1 Å². The minimum atomic E-state index is -0.380. The Balaban J connectivity index is 2.27. The first-order valence-electron chi connectivity index (χ1n) is 8.98. The molecule has 1 aliphatic rings. The SMILES string of the molecule is CCOCc1cc(OCC)c(OCC)cc1C(=O)OC1CCCOC1. The van der Waals surface area contributed by atoms with Gasteiger partial charge in [-0.3, -0.25) is 0 Å². The van der Waals surface area contributed by atoms with E-state index >= 15 is 0 Å². The van der Waals surface area contributed by atoms with Gasteiger partial charge >= 0.3 is 5.97 Å². The minimum Gasteiger partial charge on any atom is -0.490 e. The van der Waals surface area contributed by atoms with Gasteiger partial charge in [-0.15, -0.1) is 0 Å². The molecule has 1 atom stereocenters.